The molecule has 0 spiro atoms. The monoisotopic (exact) mass is 287 g/mol. The Balaban J connectivity index is 2.07. The third kappa shape index (κ3) is 3.46. The molecular formula is C13H18ClNO2S. The molecule has 0 unspecified atom stereocenters. The molecule has 18 heavy (non-hydrogen) atoms. The Hall–Kier alpha value is -0.580. The SMILES string of the molecule is NCCC1(CS(=O)(=O)Cc2ccccc2Cl)CC1. The zero-order chi connectivity index (χ0) is 13.2. The van der Waals surface area contributed by atoms with Crippen molar-refractivity contribution in [3.63, 3.8) is 0 Å². The Morgan fingerprint density at radius 1 is 1.28 bits per heavy atom. The van der Waals surface area contributed by atoms with Gasteiger partial charge in [-0.05, 0) is 42.9 Å². The highest BCUT2D eigenvalue weighted by atomic mass is 35.5. The molecule has 0 aromatic heterocycles. The summed E-state index contributed by atoms with van der Waals surface area (Å²) in [7, 11) is -3.11. The summed E-state index contributed by atoms with van der Waals surface area (Å²) in [6.07, 6.45) is 2.76. The van der Waals surface area contributed by atoms with Gasteiger partial charge in [0.15, 0.2) is 9.84 Å². The van der Waals surface area contributed by atoms with Crippen LogP contribution in [0.1, 0.15) is 24.8 Å². The molecular weight excluding hydrogens is 270 g/mol. The molecule has 5 heteroatoms. The van der Waals surface area contributed by atoms with Crippen molar-refractivity contribution in [2.75, 3.05) is 12.3 Å². The summed E-state index contributed by atoms with van der Waals surface area (Å²) in [6, 6.07) is 7.10. The molecule has 0 amide bonds. The molecule has 1 saturated carbocycles. The number of sulfone groups is 1. The second-order valence-electron chi connectivity index (χ2n) is 5.16. The van der Waals surface area contributed by atoms with Crippen LogP contribution in [-0.4, -0.2) is 20.7 Å². The minimum absolute atomic E-state index is 0.0268. The van der Waals surface area contributed by atoms with E-state index in [9.17, 15) is 8.42 Å². The predicted octanol–water partition coefficient (Wildman–Crippen LogP) is 2.38. The van der Waals surface area contributed by atoms with E-state index in [2.05, 4.69) is 0 Å². The molecule has 1 aromatic rings. The molecule has 0 bridgehead atoms. The van der Waals surface area contributed by atoms with E-state index in [-0.39, 0.29) is 16.9 Å². The van der Waals surface area contributed by atoms with Crippen LogP contribution in [0, 0.1) is 5.41 Å². The van der Waals surface area contributed by atoms with Crippen molar-refractivity contribution in [1.29, 1.82) is 0 Å². The number of rotatable bonds is 6. The maximum Gasteiger partial charge on any atom is 0.155 e. The van der Waals surface area contributed by atoms with Crippen LogP contribution in [0.3, 0.4) is 0 Å². The molecule has 100 valence electrons. The lowest BCUT2D eigenvalue weighted by Gasteiger charge is -2.14. The van der Waals surface area contributed by atoms with Crippen molar-refractivity contribution in [2.45, 2.75) is 25.0 Å². The first-order valence-corrected chi connectivity index (χ1v) is 8.30. The lowest BCUT2D eigenvalue weighted by atomic mass is 10.1. The number of nitrogens with two attached hydrogens (primary N) is 1. The summed E-state index contributed by atoms with van der Waals surface area (Å²) in [6.45, 7) is 0.557. The van der Waals surface area contributed by atoms with E-state index >= 15 is 0 Å². The molecule has 1 aromatic carbocycles. The molecule has 2 N–H and O–H groups in total. The van der Waals surface area contributed by atoms with Crippen LogP contribution >= 0.6 is 11.6 Å². The Morgan fingerprint density at radius 2 is 1.94 bits per heavy atom. The molecule has 1 aliphatic carbocycles. The maximum atomic E-state index is 12.2. The lowest BCUT2D eigenvalue weighted by molar-refractivity contribution is 0.510. The number of hydrogen-bond acceptors (Lipinski definition) is 3. The molecule has 0 atom stereocenters. The fourth-order valence-electron chi connectivity index (χ4n) is 2.32. The van der Waals surface area contributed by atoms with E-state index < -0.39 is 9.84 Å². The molecule has 3 nitrogen and oxygen atoms in total. The highest BCUT2D eigenvalue weighted by Gasteiger charge is 2.45. The van der Waals surface area contributed by atoms with Crippen LogP contribution in [0.5, 0.6) is 0 Å². The van der Waals surface area contributed by atoms with Gasteiger partial charge in [0.05, 0.1) is 11.5 Å². The topological polar surface area (TPSA) is 60.2 Å². The van der Waals surface area contributed by atoms with Crippen molar-refractivity contribution < 1.29 is 8.42 Å². The zero-order valence-corrected chi connectivity index (χ0v) is 11.8. The van der Waals surface area contributed by atoms with Gasteiger partial charge in [-0.25, -0.2) is 8.42 Å². The summed E-state index contributed by atoms with van der Waals surface area (Å²) in [5, 5.41) is 0.518. The fourth-order valence-corrected chi connectivity index (χ4v) is 4.79. The molecule has 0 radical (unpaired) electrons. The average Bonchev–Trinajstić information content (AvgIpc) is 3.00. The number of halogens is 1. The minimum atomic E-state index is -3.11. The number of hydrogen-bond donors (Lipinski definition) is 1. The summed E-state index contributed by atoms with van der Waals surface area (Å²) in [5.41, 5.74) is 6.17. The fraction of sp³-hybridized carbons (Fsp3) is 0.538. The Labute approximate surface area is 113 Å². The van der Waals surface area contributed by atoms with Crippen molar-refractivity contribution in [1.82, 2.24) is 0 Å². The van der Waals surface area contributed by atoms with Gasteiger partial charge < -0.3 is 5.73 Å². The molecule has 1 fully saturated rings. The molecule has 1 aliphatic rings. The maximum absolute atomic E-state index is 12.2. The third-order valence-electron chi connectivity index (χ3n) is 3.49. The van der Waals surface area contributed by atoms with Gasteiger partial charge in [-0.15, -0.1) is 0 Å². The average molecular weight is 288 g/mol. The van der Waals surface area contributed by atoms with Gasteiger partial charge in [-0.2, -0.15) is 0 Å². The first kappa shape index (κ1) is 13.8. The van der Waals surface area contributed by atoms with Crippen LogP contribution in [-0.2, 0) is 15.6 Å². The van der Waals surface area contributed by atoms with E-state index in [1.165, 1.54) is 0 Å². The lowest BCUT2D eigenvalue weighted by Crippen LogP contribution is -2.21. The van der Waals surface area contributed by atoms with Gasteiger partial charge in [-0.3, -0.25) is 0 Å². The van der Waals surface area contributed by atoms with Gasteiger partial charge in [0.2, 0.25) is 0 Å². The van der Waals surface area contributed by atoms with Crippen LogP contribution in [0.4, 0.5) is 0 Å². The summed E-state index contributed by atoms with van der Waals surface area (Å²) < 4.78 is 24.4. The van der Waals surface area contributed by atoms with E-state index in [0.717, 1.165) is 19.3 Å². The highest BCUT2D eigenvalue weighted by molar-refractivity contribution is 7.90. The summed E-state index contributed by atoms with van der Waals surface area (Å²) in [4.78, 5) is 0. The van der Waals surface area contributed by atoms with E-state index in [1.807, 2.05) is 6.07 Å². The van der Waals surface area contributed by atoms with Gasteiger partial charge in [0, 0.05) is 5.02 Å². The van der Waals surface area contributed by atoms with Crippen molar-refractivity contribution in [3.8, 4) is 0 Å². The largest absolute Gasteiger partial charge is 0.330 e. The molecule has 2 rings (SSSR count). The van der Waals surface area contributed by atoms with Crippen LogP contribution in [0.25, 0.3) is 0 Å². The number of benzene rings is 1. The van der Waals surface area contributed by atoms with Crippen LogP contribution < -0.4 is 5.73 Å². The standard InChI is InChI=1S/C13H18ClNO2S/c14-12-4-2-1-3-11(12)9-18(16,17)10-13(5-6-13)7-8-15/h1-4H,5-10,15H2. The quantitative estimate of drug-likeness (QED) is 0.874. The second kappa shape index (κ2) is 5.19. The normalized spacial score (nSPS) is 17.7. The van der Waals surface area contributed by atoms with E-state index in [1.54, 1.807) is 18.2 Å². The first-order valence-electron chi connectivity index (χ1n) is 6.10. The first-order chi connectivity index (χ1) is 8.46. The molecule has 0 saturated heterocycles. The van der Waals surface area contributed by atoms with E-state index in [4.69, 9.17) is 17.3 Å². The Kier molecular flexibility index (Phi) is 3.99. The Bertz CT molecular complexity index is 524. The predicted molar refractivity (Wildman–Crippen MR) is 74.3 cm³/mol. The van der Waals surface area contributed by atoms with Gasteiger partial charge in [-0.1, -0.05) is 29.8 Å². The van der Waals surface area contributed by atoms with Crippen LogP contribution in [0.2, 0.25) is 5.02 Å². The van der Waals surface area contributed by atoms with Crippen LogP contribution in [0.15, 0.2) is 24.3 Å². The second-order valence-corrected chi connectivity index (χ2v) is 7.63. The van der Waals surface area contributed by atoms with Crippen molar-refractivity contribution >= 4 is 21.4 Å². The van der Waals surface area contributed by atoms with E-state index in [0.29, 0.717) is 17.1 Å². The van der Waals surface area contributed by atoms with Gasteiger partial charge in [0.25, 0.3) is 0 Å². The summed E-state index contributed by atoms with van der Waals surface area (Å²) >= 11 is 5.99. The zero-order valence-electron chi connectivity index (χ0n) is 10.2. The summed E-state index contributed by atoms with van der Waals surface area (Å²) in [5.74, 6) is 0.265. The van der Waals surface area contributed by atoms with Gasteiger partial charge in [0.1, 0.15) is 0 Å². The molecule has 0 heterocycles. The minimum Gasteiger partial charge on any atom is -0.330 e. The molecule has 0 aliphatic heterocycles. The third-order valence-corrected chi connectivity index (χ3v) is 5.66. The van der Waals surface area contributed by atoms with Crippen molar-refractivity contribution in [2.24, 2.45) is 11.1 Å². The highest BCUT2D eigenvalue weighted by Crippen LogP contribution is 2.49. The smallest absolute Gasteiger partial charge is 0.155 e. The van der Waals surface area contributed by atoms with Gasteiger partial charge >= 0.3 is 0 Å². The van der Waals surface area contributed by atoms with Crippen molar-refractivity contribution in [3.05, 3.63) is 34.9 Å². The Morgan fingerprint density at radius 3 is 2.50 bits per heavy atom.